The van der Waals surface area contributed by atoms with Crippen molar-refractivity contribution < 1.29 is 13.2 Å². The molecule has 138 valence electrons. The van der Waals surface area contributed by atoms with Crippen molar-refractivity contribution in [2.75, 3.05) is 38.6 Å². The third-order valence-corrected chi connectivity index (χ3v) is 5.89. The summed E-state index contributed by atoms with van der Waals surface area (Å²) in [7, 11) is -3.12. The molecule has 0 aromatic rings. The number of ether oxygens (including phenoxy) is 1. The van der Waals surface area contributed by atoms with Gasteiger partial charge in [-0.25, -0.2) is 8.42 Å². The molecular formula is C16H35N3O3S. The lowest BCUT2D eigenvalue weighted by Gasteiger charge is -2.19. The summed E-state index contributed by atoms with van der Waals surface area (Å²) >= 11 is 0. The van der Waals surface area contributed by atoms with Crippen molar-refractivity contribution in [2.24, 2.45) is 10.9 Å². The summed E-state index contributed by atoms with van der Waals surface area (Å²) in [5.74, 6) is 1.36. The first-order valence-corrected chi connectivity index (χ1v) is 10.1. The van der Waals surface area contributed by atoms with Crippen molar-refractivity contribution in [3.05, 3.63) is 0 Å². The van der Waals surface area contributed by atoms with Crippen LogP contribution < -0.4 is 10.6 Å². The Morgan fingerprint density at radius 3 is 2.35 bits per heavy atom. The largest absolute Gasteiger partial charge is 0.380 e. The average Bonchev–Trinajstić information content (AvgIpc) is 2.40. The van der Waals surface area contributed by atoms with Crippen molar-refractivity contribution >= 4 is 15.8 Å². The molecule has 0 aliphatic rings. The molecule has 0 bridgehead atoms. The van der Waals surface area contributed by atoms with Gasteiger partial charge < -0.3 is 15.4 Å². The second kappa shape index (κ2) is 10.9. The van der Waals surface area contributed by atoms with E-state index in [9.17, 15) is 8.42 Å². The Balaban J connectivity index is 4.18. The first-order chi connectivity index (χ1) is 10.6. The van der Waals surface area contributed by atoms with Crippen LogP contribution in [0.2, 0.25) is 0 Å². The molecule has 7 heteroatoms. The zero-order valence-electron chi connectivity index (χ0n) is 15.6. The van der Waals surface area contributed by atoms with Gasteiger partial charge in [0.05, 0.1) is 23.7 Å². The molecule has 0 aromatic heterocycles. The van der Waals surface area contributed by atoms with Crippen LogP contribution in [0, 0.1) is 5.92 Å². The van der Waals surface area contributed by atoms with E-state index in [-0.39, 0.29) is 5.75 Å². The third kappa shape index (κ3) is 10.5. The van der Waals surface area contributed by atoms with Crippen molar-refractivity contribution in [1.29, 1.82) is 0 Å². The molecule has 0 aliphatic carbocycles. The quantitative estimate of drug-likeness (QED) is 0.357. The number of aliphatic imine (C=N–C) groups is 1. The Hall–Kier alpha value is -0.820. The van der Waals surface area contributed by atoms with Crippen LogP contribution in [0.25, 0.3) is 0 Å². The zero-order valence-corrected chi connectivity index (χ0v) is 16.4. The van der Waals surface area contributed by atoms with E-state index < -0.39 is 14.6 Å². The summed E-state index contributed by atoms with van der Waals surface area (Å²) in [4.78, 5) is 4.39. The molecule has 0 fully saturated rings. The molecule has 6 nitrogen and oxygen atoms in total. The number of sulfone groups is 1. The molecule has 0 spiro atoms. The van der Waals surface area contributed by atoms with Gasteiger partial charge >= 0.3 is 0 Å². The van der Waals surface area contributed by atoms with Crippen LogP contribution in [0.5, 0.6) is 0 Å². The number of guanidine groups is 1. The molecule has 0 amide bonds. The van der Waals surface area contributed by atoms with Crippen LogP contribution in [0.1, 0.15) is 48.0 Å². The van der Waals surface area contributed by atoms with Crippen LogP contribution in [-0.4, -0.2) is 57.7 Å². The van der Waals surface area contributed by atoms with Crippen molar-refractivity contribution in [1.82, 2.24) is 10.6 Å². The van der Waals surface area contributed by atoms with E-state index in [0.717, 1.165) is 19.6 Å². The van der Waals surface area contributed by atoms with E-state index in [1.807, 2.05) is 6.92 Å². The molecule has 0 atom stereocenters. The predicted octanol–water partition coefficient (Wildman–Crippen LogP) is 1.82. The van der Waals surface area contributed by atoms with E-state index in [4.69, 9.17) is 4.74 Å². The Kier molecular flexibility index (Phi) is 10.5. The van der Waals surface area contributed by atoms with E-state index in [1.54, 1.807) is 20.8 Å². The van der Waals surface area contributed by atoms with Crippen LogP contribution in [-0.2, 0) is 14.6 Å². The lowest BCUT2D eigenvalue weighted by molar-refractivity contribution is 0.130. The number of nitrogens with zero attached hydrogens (tertiary/aromatic N) is 1. The van der Waals surface area contributed by atoms with Gasteiger partial charge in [0.2, 0.25) is 0 Å². The molecule has 0 saturated carbocycles. The maximum absolute atomic E-state index is 12.1. The molecule has 0 unspecified atom stereocenters. The van der Waals surface area contributed by atoms with Gasteiger partial charge in [0.25, 0.3) is 0 Å². The average molecular weight is 350 g/mol. The Morgan fingerprint density at radius 2 is 1.83 bits per heavy atom. The summed E-state index contributed by atoms with van der Waals surface area (Å²) < 4.78 is 28.9. The molecule has 0 rings (SSSR count). The van der Waals surface area contributed by atoms with Crippen molar-refractivity contribution in [2.45, 2.75) is 52.7 Å². The fourth-order valence-electron chi connectivity index (χ4n) is 1.59. The van der Waals surface area contributed by atoms with Gasteiger partial charge in [0.1, 0.15) is 0 Å². The maximum Gasteiger partial charge on any atom is 0.191 e. The van der Waals surface area contributed by atoms with E-state index >= 15 is 0 Å². The molecule has 23 heavy (non-hydrogen) atoms. The third-order valence-electron chi connectivity index (χ3n) is 3.29. The minimum atomic E-state index is -3.12. The predicted molar refractivity (Wildman–Crippen MR) is 97.8 cm³/mol. The Labute approximate surface area is 142 Å². The standard InChI is InChI=1S/C16H35N3O3S/c1-7-17-15(18-9-12-22-11-8-14(2)3)19-10-13-23(20,21)16(4,5)6/h14H,7-13H2,1-6H3,(H2,17,18,19). The highest BCUT2D eigenvalue weighted by Crippen LogP contribution is 2.15. The summed E-state index contributed by atoms with van der Waals surface area (Å²) in [6.07, 6.45) is 1.05. The highest BCUT2D eigenvalue weighted by atomic mass is 32.2. The molecule has 0 heterocycles. The number of hydrogen-bond acceptors (Lipinski definition) is 4. The fourth-order valence-corrected chi connectivity index (χ4v) is 2.58. The normalized spacial score (nSPS) is 13.4. The number of hydrogen-bond donors (Lipinski definition) is 2. The van der Waals surface area contributed by atoms with Gasteiger partial charge in [-0.05, 0) is 40.0 Å². The van der Waals surface area contributed by atoms with Crippen LogP contribution in [0.3, 0.4) is 0 Å². The summed E-state index contributed by atoms with van der Waals surface area (Å²) in [5.41, 5.74) is 0. The monoisotopic (exact) mass is 349 g/mol. The topological polar surface area (TPSA) is 79.8 Å². The highest BCUT2D eigenvalue weighted by molar-refractivity contribution is 7.92. The Bertz CT molecular complexity index is 440. The van der Waals surface area contributed by atoms with Crippen molar-refractivity contribution in [3.63, 3.8) is 0 Å². The van der Waals surface area contributed by atoms with Crippen LogP contribution >= 0.6 is 0 Å². The molecule has 2 N–H and O–H groups in total. The minimum absolute atomic E-state index is 0.0891. The van der Waals surface area contributed by atoms with Gasteiger partial charge in [0.15, 0.2) is 15.8 Å². The lowest BCUT2D eigenvalue weighted by atomic mass is 10.1. The first-order valence-electron chi connectivity index (χ1n) is 8.42. The molecular weight excluding hydrogens is 314 g/mol. The van der Waals surface area contributed by atoms with Gasteiger partial charge in [-0.2, -0.15) is 0 Å². The van der Waals surface area contributed by atoms with E-state index in [2.05, 4.69) is 29.5 Å². The summed E-state index contributed by atoms with van der Waals surface area (Å²) in [5, 5.41) is 6.17. The van der Waals surface area contributed by atoms with Gasteiger partial charge in [0, 0.05) is 19.7 Å². The molecule has 0 aromatic carbocycles. The fraction of sp³-hybridized carbons (Fsp3) is 0.938. The van der Waals surface area contributed by atoms with Gasteiger partial charge in [-0.1, -0.05) is 13.8 Å². The maximum atomic E-state index is 12.1. The number of nitrogens with one attached hydrogen (secondary N) is 2. The van der Waals surface area contributed by atoms with Gasteiger partial charge in [-0.15, -0.1) is 0 Å². The number of rotatable bonds is 10. The molecule has 0 radical (unpaired) electrons. The second-order valence-corrected chi connectivity index (χ2v) is 9.78. The SMILES string of the molecule is CCNC(=NCCOCCC(C)C)NCCS(=O)(=O)C(C)(C)C. The van der Waals surface area contributed by atoms with Gasteiger partial charge in [-0.3, -0.25) is 4.99 Å². The highest BCUT2D eigenvalue weighted by Gasteiger charge is 2.28. The summed E-state index contributed by atoms with van der Waals surface area (Å²) in [6, 6.07) is 0. The minimum Gasteiger partial charge on any atom is -0.380 e. The smallest absolute Gasteiger partial charge is 0.191 e. The van der Waals surface area contributed by atoms with Crippen molar-refractivity contribution in [3.8, 4) is 0 Å². The molecule has 0 saturated heterocycles. The Morgan fingerprint density at radius 1 is 1.17 bits per heavy atom. The van der Waals surface area contributed by atoms with Crippen LogP contribution in [0.15, 0.2) is 4.99 Å². The van der Waals surface area contributed by atoms with E-state index in [1.165, 1.54) is 0 Å². The zero-order chi connectivity index (χ0) is 17.9. The van der Waals surface area contributed by atoms with Crippen LogP contribution in [0.4, 0.5) is 0 Å². The summed E-state index contributed by atoms with van der Waals surface area (Å²) in [6.45, 7) is 14.4. The first kappa shape index (κ1) is 22.2. The van der Waals surface area contributed by atoms with E-state index in [0.29, 0.717) is 31.6 Å². The molecule has 0 aliphatic heterocycles. The second-order valence-electron chi connectivity index (χ2n) is 6.91. The lowest BCUT2D eigenvalue weighted by Crippen LogP contribution is -2.42.